The van der Waals surface area contributed by atoms with E-state index in [1.807, 2.05) is 10.9 Å². The smallest absolute Gasteiger partial charge is 0.123 e. The average molecular weight is 453 g/mol. The summed E-state index contributed by atoms with van der Waals surface area (Å²) < 4.78 is 18.6. The maximum absolute atomic E-state index is 13.2. The van der Waals surface area contributed by atoms with Crippen molar-refractivity contribution < 1.29 is 4.39 Å². The minimum Gasteiger partial charge on any atom is -0.370 e. The lowest BCUT2D eigenvalue weighted by Crippen LogP contribution is -2.22. The van der Waals surface area contributed by atoms with E-state index >= 15 is 0 Å². The van der Waals surface area contributed by atoms with E-state index in [0.717, 1.165) is 66.4 Å². The molecule has 1 aromatic heterocycles. The summed E-state index contributed by atoms with van der Waals surface area (Å²) in [6, 6.07) is 10.4. The van der Waals surface area contributed by atoms with Crippen molar-refractivity contribution in [1.82, 2.24) is 9.78 Å². The molecule has 0 radical (unpaired) electrons. The molecule has 1 aliphatic rings. The van der Waals surface area contributed by atoms with Crippen molar-refractivity contribution in [1.29, 1.82) is 5.41 Å². The van der Waals surface area contributed by atoms with Crippen LogP contribution in [0.2, 0.25) is 0 Å². The summed E-state index contributed by atoms with van der Waals surface area (Å²) in [7, 11) is 0. The average Bonchev–Trinajstić information content (AvgIpc) is 3.44. The Hall–Kier alpha value is -3.00. The fourth-order valence-corrected chi connectivity index (χ4v) is 4.82. The lowest BCUT2D eigenvalue weighted by Gasteiger charge is -2.23. The third-order valence-corrected chi connectivity index (χ3v) is 6.63. The van der Waals surface area contributed by atoms with Crippen LogP contribution in [0.3, 0.4) is 0 Å². The van der Waals surface area contributed by atoms with Gasteiger partial charge < -0.3 is 20.3 Å². The van der Waals surface area contributed by atoms with Gasteiger partial charge in [0.05, 0.1) is 11.9 Å². The lowest BCUT2D eigenvalue weighted by molar-refractivity contribution is 0.603. The van der Waals surface area contributed by atoms with Crippen molar-refractivity contribution in [2.75, 3.05) is 28.0 Å². The molecule has 2 heterocycles. The van der Waals surface area contributed by atoms with Crippen LogP contribution in [0.15, 0.2) is 48.8 Å². The van der Waals surface area contributed by atoms with Crippen LogP contribution in [0.4, 0.5) is 27.1 Å². The van der Waals surface area contributed by atoms with E-state index in [-0.39, 0.29) is 5.82 Å². The maximum atomic E-state index is 13.2. The van der Waals surface area contributed by atoms with E-state index in [0.29, 0.717) is 5.25 Å². The lowest BCUT2D eigenvalue weighted by atomic mass is 10.1. The molecule has 1 atom stereocenters. The molecule has 0 amide bonds. The Morgan fingerprint density at radius 2 is 2.06 bits per heavy atom. The van der Waals surface area contributed by atoms with E-state index < -0.39 is 0 Å². The molecule has 3 aromatic rings. The first-order valence-corrected chi connectivity index (χ1v) is 11.8. The second kappa shape index (κ2) is 10.1. The number of halogens is 1. The van der Waals surface area contributed by atoms with Gasteiger partial charge in [0.15, 0.2) is 0 Å². The first-order valence-electron chi connectivity index (χ1n) is 10.9. The Labute approximate surface area is 192 Å². The molecule has 1 aliphatic heterocycles. The monoisotopic (exact) mass is 452 g/mol. The van der Waals surface area contributed by atoms with Crippen LogP contribution >= 0.6 is 11.9 Å². The summed E-state index contributed by atoms with van der Waals surface area (Å²) >= 11 is 1.76. The van der Waals surface area contributed by atoms with Crippen molar-refractivity contribution in [3.63, 3.8) is 0 Å². The summed E-state index contributed by atoms with van der Waals surface area (Å²) in [6.07, 6.45) is 7.46. The highest BCUT2D eigenvalue weighted by Crippen LogP contribution is 2.33. The van der Waals surface area contributed by atoms with Crippen LogP contribution in [-0.4, -0.2) is 34.3 Å². The fourth-order valence-electron chi connectivity index (χ4n) is 3.93. The molecule has 0 bridgehead atoms. The van der Waals surface area contributed by atoms with Crippen molar-refractivity contribution in [2.24, 2.45) is 0 Å². The molecular formula is C24H29FN6S. The van der Waals surface area contributed by atoms with E-state index in [4.69, 9.17) is 5.41 Å². The quantitative estimate of drug-likeness (QED) is 0.282. The second-order valence-corrected chi connectivity index (χ2v) is 9.18. The van der Waals surface area contributed by atoms with Crippen molar-refractivity contribution in [3.05, 3.63) is 65.7 Å². The number of nitrogens with one attached hydrogen (secondary N) is 3. The van der Waals surface area contributed by atoms with E-state index in [9.17, 15) is 4.39 Å². The summed E-state index contributed by atoms with van der Waals surface area (Å²) in [6.45, 7) is 7.11. The molecule has 6 nitrogen and oxygen atoms in total. The zero-order valence-electron chi connectivity index (χ0n) is 18.4. The zero-order chi connectivity index (χ0) is 22.5. The number of hydrogen-bond donors (Lipinski definition) is 3. The third kappa shape index (κ3) is 5.24. The molecule has 1 fully saturated rings. The van der Waals surface area contributed by atoms with E-state index in [2.05, 4.69) is 52.2 Å². The molecule has 1 unspecified atom stereocenters. The highest BCUT2D eigenvalue weighted by Gasteiger charge is 2.25. The Bertz CT molecular complexity index is 1060. The largest absolute Gasteiger partial charge is 0.370 e. The molecule has 8 heteroatoms. The predicted molar refractivity (Wildman–Crippen MR) is 133 cm³/mol. The number of aromatic nitrogens is 2. The Morgan fingerprint density at radius 3 is 2.81 bits per heavy atom. The van der Waals surface area contributed by atoms with Crippen LogP contribution in [0, 0.1) is 18.2 Å². The molecule has 0 saturated carbocycles. The Morgan fingerprint density at radius 1 is 1.25 bits per heavy atom. The highest BCUT2D eigenvalue weighted by atomic mass is 32.2. The summed E-state index contributed by atoms with van der Waals surface area (Å²) in [5, 5.41) is 16.0. The number of anilines is 4. The minimum atomic E-state index is -0.264. The topological polar surface area (TPSA) is 69.0 Å². The maximum Gasteiger partial charge on any atom is 0.123 e. The van der Waals surface area contributed by atoms with Gasteiger partial charge in [-0.15, -0.1) is 0 Å². The molecule has 1 saturated heterocycles. The first-order chi connectivity index (χ1) is 15.6. The number of rotatable bonds is 9. The number of aryl methyl sites for hydroxylation is 2. The molecule has 32 heavy (non-hydrogen) atoms. The minimum absolute atomic E-state index is 0.264. The van der Waals surface area contributed by atoms with Gasteiger partial charge in [0.1, 0.15) is 5.82 Å². The van der Waals surface area contributed by atoms with Crippen LogP contribution in [-0.2, 0) is 6.54 Å². The Kier molecular flexibility index (Phi) is 6.99. The van der Waals surface area contributed by atoms with Gasteiger partial charge in [0, 0.05) is 59.9 Å². The number of benzene rings is 2. The molecule has 3 N–H and O–H groups in total. The van der Waals surface area contributed by atoms with Crippen LogP contribution in [0.5, 0.6) is 0 Å². The van der Waals surface area contributed by atoms with Crippen molar-refractivity contribution in [3.8, 4) is 0 Å². The van der Waals surface area contributed by atoms with Crippen LogP contribution in [0.1, 0.15) is 30.9 Å². The summed E-state index contributed by atoms with van der Waals surface area (Å²) in [5.41, 5.74) is 5.82. The van der Waals surface area contributed by atoms with Gasteiger partial charge >= 0.3 is 0 Å². The van der Waals surface area contributed by atoms with Gasteiger partial charge in [-0.2, -0.15) is 5.10 Å². The SMILES string of the molecule is CCCn1cc(NSC2CCN(c3cc(C=N)c(Nc4ccc(F)cc4)cc3C)C2)cn1. The molecule has 4 rings (SSSR count). The summed E-state index contributed by atoms with van der Waals surface area (Å²) in [5.74, 6) is -0.264. The number of hydrogen-bond acceptors (Lipinski definition) is 6. The van der Waals surface area contributed by atoms with Gasteiger partial charge in [-0.3, -0.25) is 4.68 Å². The number of nitrogens with zero attached hydrogens (tertiary/aromatic N) is 3. The van der Waals surface area contributed by atoms with Gasteiger partial charge in [-0.1, -0.05) is 6.92 Å². The molecule has 0 spiro atoms. The molecule has 0 aliphatic carbocycles. The van der Waals surface area contributed by atoms with Crippen molar-refractivity contribution >= 4 is 40.9 Å². The van der Waals surface area contributed by atoms with Crippen molar-refractivity contribution in [2.45, 2.75) is 38.5 Å². The van der Waals surface area contributed by atoms with Gasteiger partial charge in [-0.05, 0) is 73.7 Å². The third-order valence-electron chi connectivity index (χ3n) is 5.56. The fraction of sp³-hybridized carbons (Fsp3) is 0.333. The van der Waals surface area contributed by atoms with Gasteiger partial charge in [0.25, 0.3) is 0 Å². The molecular weight excluding hydrogens is 423 g/mol. The predicted octanol–water partition coefficient (Wildman–Crippen LogP) is 5.82. The first kappa shape index (κ1) is 22.2. The molecule has 2 aromatic carbocycles. The molecule has 168 valence electrons. The van der Waals surface area contributed by atoms with Crippen LogP contribution in [0.25, 0.3) is 0 Å². The van der Waals surface area contributed by atoms with E-state index in [1.165, 1.54) is 18.3 Å². The van der Waals surface area contributed by atoms with Gasteiger partial charge in [0.2, 0.25) is 0 Å². The zero-order valence-corrected chi connectivity index (χ0v) is 19.3. The highest BCUT2D eigenvalue weighted by molar-refractivity contribution is 8.01. The van der Waals surface area contributed by atoms with Crippen LogP contribution < -0.4 is 14.9 Å². The van der Waals surface area contributed by atoms with E-state index in [1.54, 1.807) is 24.1 Å². The second-order valence-electron chi connectivity index (χ2n) is 8.07. The normalized spacial score (nSPS) is 15.7. The van der Waals surface area contributed by atoms with Gasteiger partial charge in [-0.25, -0.2) is 4.39 Å². The Balaban J connectivity index is 1.40. The summed E-state index contributed by atoms with van der Waals surface area (Å²) in [4.78, 5) is 2.39. The standard InChI is InChI=1S/C24H29FN6S/c1-3-9-31-15-21(14-27-31)29-32-22-8-10-30(16-22)24-12-18(13-26)23(11-17(24)2)28-20-6-4-19(25)5-7-20/h4-7,11-15,22,26,28-29H,3,8-10,16H2,1-2H3.